The summed E-state index contributed by atoms with van der Waals surface area (Å²) < 4.78 is 0.982. The van der Waals surface area contributed by atoms with Crippen molar-refractivity contribution in [1.29, 1.82) is 0 Å². The lowest BCUT2D eigenvalue weighted by Crippen LogP contribution is -2.37. The molecule has 0 spiro atoms. The highest BCUT2D eigenvalue weighted by molar-refractivity contribution is 8.38. The Morgan fingerprint density at radius 1 is 1.40 bits per heavy atom. The van der Waals surface area contributed by atoms with E-state index in [1.54, 1.807) is 11.8 Å². The maximum absolute atomic E-state index is 11.8. The van der Waals surface area contributed by atoms with Crippen molar-refractivity contribution in [3.05, 3.63) is 29.8 Å². The molecule has 0 bridgehead atoms. The highest BCUT2D eigenvalue weighted by Crippen LogP contribution is 2.34. The molecule has 0 fully saturated rings. The fraction of sp³-hybridized carbons (Fsp3) is 0.467. The Morgan fingerprint density at radius 2 is 2.15 bits per heavy atom. The van der Waals surface area contributed by atoms with E-state index in [9.17, 15) is 4.79 Å². The predicted molar refractivity (Wildman–Crippen MR) is 89.7 cm³/mol. The lowest BCUT2D eigenvalue weighted by molar-refractivity contribution is -0.119. The van der Waals surface area contributed by atoms with Crippen LogP contribution in [0.15, 0.2) is 29.3 Å². The van der Waals surface area contributed by atoms with Gasteiger partial charge in [0.15, 0.2) is 0 Å². The molecule has 0 aromatic heterocycles. The number of carbonyl (C=O) groups excluding carboxylic acids is 1. The van der Waals surface area contributed by atoms with Crippen LogP contribution in [0.25, 0.3) is 0 Å². The van der Waals surface area contributed by atoms with E-state index >= 15 is 0 Å². The van der Waals surface area contributed by atoms with Gasteiger partial charge in [-0.3, -0.25) is 4.79 Å². The third-order valence-electron chi connectivity index (χ3n) is 3.27. The van der Waals surface area contributed by atoms with Crippen molar-refractivity contribution in [2.75, 3.05) is 5.75 Å². The molecule has 1 N–H and O–H groups in total. The van der Waals surface area contributed by atoms with Crippen LogP contribution in [0.5, 0.6) is 0 Å². The van der Waals surface area contributed by atoms with Crippen molar-refractivity contribution in [2.24, 2.45) is 10.9 Å². The predicted octanol–water partition coefficient (Wildman–Crippen LogP) is 3.81. The second-order valence-corrected chi connectivity index (χ2v) is 7.37. The van der Waals surface area contributed by atoms with E-state index in [1.165, 1.54) is 17.3 Å². The van der Waals surface area contributed by atoms with Crippen molar-refractivity contribution >= 4 is 39.5 Å². The number of thioether (sulfide) groups is 2. The van der Waals surface area contributed by atoms with Gasteiger partial charge in [-0.25, -0.2) is 4.99 Å². The highest BCUT2D eigenvalue weighted by atomic mass is 32.2. The molecule has 0 saturated carbocycles. The quantitative estimate of drug-likeness (QED) is 0.919. The molecule has 0 saturated heterocycles. The van der Waals surface area contributed by atoms with Gasteiger partial charge in [0, 0.05) is 11.8 Å². The molecule has 3 nitrogen and oxygen atoms in total. The second-order valence-electron chi connectivity index (χ2n) is 5.18. The lowest BCUT2D eigenvalue weighted by atomic mass is 10.1. The molecular formula is C15H20N2OS2. The summed E-state index contributed by atoms with van der Waals surface area (Å²) in [6.07, 6.45) is 0. The number of amides is 1. The Morgan fingerprint density at radius 3 is 2.90 bits per heavy atom. The molecule has 1 aromatic carbocycles. The summed E-state index contributed by atoms with van der Waals surface area (Å²) in [6, 6.07) is 8.37. The first-order chi connectivity index (χ1) is 9.56. The Balaban J connectivity index is 1.86. The van der Waals surface area contributed by atoms with Crippen LogP contribution in [0.1, 0.15) is 26.3 Å². The standard InChI is InChI=1S/C15H20N2OS2/c1-10(2)11(3)16-14(18)9-20-15-17-13-7-5-4-6-12(13)8-19-15/h4-7,10-11H,8-9H2,1-3H3,(H,16,18). The number of fused-ring (bicyclic) bond motifs is 1. The van der Waals surface area contributed by atoms with E-state index in [4.69, 9.17) is 0 Å². The van der Waals surface area contributed by atoms with E-state index in [-0.39, 0.29) is 11.9 Å². The molecule has 1 aromatic rings. The van der Waals surface area contributed by atoms with E-state index < -0.39 is 0 Å². The number of hydrogen-bond acceptors (Lipinski definition) is 4. The van der Waals surface area contributed by atoms with Crippen LogP contribution >= 0.6 is 23.5 Å². The minimum atomic E-state index is 0.0818. The number of aliphatic imine (C=N–C) groups is 1. The summed E-state index contributed by atoms with van der Waals surface area (Å²) in [5.41, 5.74) is 2.30. The molecule has 108 valence electrons. The Labute approximate surface area is 129 Å². The van der Waals surface area contributed by atoms with Gasteiger partial charge in [-0.05, 0) is 24.5 Å². The molecule has 20 heavy (non-hydrogen) atoms. The van der Waals surface area contributed by atoms with Crippen LogP contribution in [0.3, 0.4) is 0 Å². The van der Waals surface area contributed by atoms with Crippen molar-refractivity contribution in [3.63, 3.8) is 0 Å². The summed E-state index contributed by atoms with van der Waals surface area (Å²) in [5.74, 6) is 1.91. The molecule has 0 aliphatic carbocycles. The van der Waals surface area contributed by atoms with Crippen LogP contribution in [0.2, 0.25) is 0 Å². The van der Waals surface area contributed by atoms with E-state index in [0.29, 0.717) is 11.7 Å². The zero-order valence-corrected chi connectivity index (χ0v) is 13.7. The van der Waals surface area contributed by atoms with Crippen LogP contribution in [-0.4, -0.2) is 22.1 Å². The average molecular weight is 308 g/mol. The topological polar surface area (TPSA) is 41.5 Å². The molecule has 2 rings (SSSR count). The molecule has 1 atom stereocenters. The van der Waals surface area contributed by atoms with Gasteiger partial charge in [0.2, 0.25) is 5.91 Å². The van der Waals surface area contributed by atoms with Gasteiger partial charge < -0.3 is 5.32 Å². The fourth-order valence-electron chi connectivity index (χ4n) is 1.68. The van der Waals surface area contributed by atoms with E-state index in [0.717, 1.165) is 15.8 Å². The number of hydrogen-bond donors (Lipinski definition) is 1. The monoisotopic (exact) mass is 308 g/mol. The van der Waals surface area contributed by atoms with Gasteiger partial charge in [-0.15, -0.1) is 0 Å². The highest BCUT2D eigenvalue weighted by Gasteiger charge is 2.15. The van der Waals surface area contributed by atoms with Crippen molar-refractivity contribution in [2.45, 2.75) is 32.6 Å². The average Bonchev–Trinajstić information content (AvgIpc) is 2.44. The Hall–Kier alpha value is -0.940. The van der Waals surface area contributed by atoms with Crippen LogP contribution in [0, 0.1) is 5.92 Å². The van der Waals surface area contributed by atoms with Gasteiger partial charge in [0.1, 0.15) is 4.38 Å². The number of benzene rings is 1. The molecule has 1 amide bonds. The number of rotatable bonds is 4. The number of para-hydroxylation sites is 1. The number of nitrogens with one attached hydrogen (secondary N) is 1. The largest absolute Gasteiger partial charge is 0.353 e. The summed E-state index contributed by atoms with van der Waals surface area (Å²) in [6.45, 7) is 6.25. The minimum Gasteiger partial charge on any atom is -0.353 e. The third kappa shape index (κ3) is 4.28. The molecule has 1 unspecified atom stereocenters. The first-order valence-electron chi connectivity index (χ1n) is 6.78. The van der Waals surface area contributed by atoms with Crippen LogP contribution in [0.4, 0.5) is 5.69 Å². The molecule has 1 aliphatic heterocycles. The zero-order valence-electron chi connectivity index (χ0n) is 12.1. The third-order valence-corrected chi connectivity index (χ3v) is 5.52. The Bertz CT molecular complexity index is 514. The maximum atomic E-state index is 11.8. The lowest BCUT2D eigenvalue weighted by Gasteiger charge is -2.18. The van der Waals surface area contributed by atoms with Gasteiger partial charge >= 0.3 is 0 Å². The molecule has 1 aliphatic rings. The van der Waals surface area contributed by atoms with Crippen LogP contribution < -0.4 is 5.32 Å². The normalized spacial score (nSPS) is 15.5. The number of nitrogens with zero attached hydrogens (tertiary/aromatic N) is 1. The van der Waals surface area contributed by atoms with Gasteiger partial charge in [-0.2, -0.15) is 0 Å². The molecule has 5 heteroatoms. The van der Waals surface area contributed by atoms with Crippen molar-refractivity contribution in [1.82, 2.24) is 5.32 Å². The second kappa shape index (κ2) is 7.18. The minimum absolute atomic E-state index is 0.0818. The fourth-order valence-corrected chi connectivity index (χ4v) is 3.55. The van der Waals surface area contributed by atoms with Crippen LogP contribution in [-0.2, 0) is 10.5 Å². The summed E-state index contributed by atoms with van der Waals surface area (Å²) in [7, 11) is 0. The summed E-state index contributed by atoms with van der Waals surface area (Å²) in [4.78, 5) is 16.4. The molecular weight excluding hydrogens is 288 g/mol. The van der Waals surface area contributed by atoms with Crippen molar-refractivity contribution < 1.29 is 4.79 Å². The van der Waals surface area contributed by atoms with E-state index in [1.807, 2.05) is 25.1 Å². The first kappa shape index (κ1) is 15.4. The van der Waals surface area contributed by atoms with Crippen molar-refractivity contribution in [3.8, 4) is 0 Å². The first-order valence-corrected chi connectivity index (χ1v) is 8.75. The maximum Gasteiger partial charge on any atom is 0.230 e. The SMILES string of the molecule is CC(C)C(C)NC(=O)CSC1=Nc2ccccc2CS1. The van der Waals surface area contributed by atoms with Gasteiger partial charge in [-0.1, -0.05) is 55.6 Å². The number of carbonyl (C=O) groups is 1. The summed E-state index contributed by atoms with van der Waals surface area (Å²) in [5, 5.41) is 3.01. The molecule has 1 heterocycles. The van der Waals surface area contributed by atoms with Gasteiger partial charge in [0.25, 0.3) is 0 Å². The smallest absolute Gasteiger partial charge is 0.230 e. The van der Waals surface area contributed by atoms with E-state index in [2.05, 4.69) is 30.2 Å². The Kier molecular flexibility index (Phi) is 5.54. The summed E-state index contributed by atoms with van der Waals surface area (Å²) >= 11 is 3.23. The molecule has 0 radical (unpaired) electrons. The van der Waals surface area contributed by atoms with Gasteiger partial charge in [0.05, 0.1) is 11.4 Å². The zero-order chi connectivity index (χ0) is 14.5.